The SMILES string of the molecule is CCn1nc(C)c2c1CCN[C@H]2CCc1ccc2c(c1)OCO2. The minimum atomic E-state index is 0.335. The molecule has 0 saturated heterocycles. The lowest BCUT2D eigenvalue weighted by Gasteiger charge is -2.25. The third kappa shape index (κ3) is 2.59. The second-order valence-corrected chi connectivity index (χ2v) is 6.24. The van der Waals surface area contributed by atoms with Crippen molar-refractivity contribution in [2.24, 2.45) is 0 Å². The van der Waals surface area contributed by atoms with Crippen LogP contribution in [0.5, 0.6) is 11.5 Å². The van der Waals surface area contributed by atoms with Gasteiger partial charge in [-0.15, -0.1) is 0 Å². The molecule has 2 aliphatic rings. The van der Waals surface area contributed by atoms with Gasteiger partial charge in [0.15, 0.2) is 11.5 Å². The first-order chi connectivity index (χ1) is 11.3. The highest BCUT2D eigenvalue weighted by Crippen LogP contribution is 2.34. The quantitative estimate of drug-likeness (QED) is 0.943. The van der Waals surface area contributed by atoms with Crippen LogP contribution in [0, 0.1) is 6.92 Å². The lowest BCUT2D eigenvalue weighted by atomic mass is 9.93. The Labute approximate surface area is 136 Å². The smallest absolute Gasteiger partial charge is 0.231 e. The van der Waals surface area contributed by atoms with Crippen LogP contribution in [0.2, 0.25) is 0 Å². The first kappa shape index (κ1) is 14.6. The molecule has 4 rings (SSSR count). The van der Waals surface area contributed by atoms with Crippen molar-refractivity contribution in [3.63, 3.8) is 0 Å². The Morgan fingerprint density at radius 1 is 1.30 bits per heavy atom. The maximum absolute atomic E-state index is 5.47. The van der Waals surface area contributed by atoms with Crippen LogP contribution in [-0.2, 0) is 19.4 Å². The Hall–Kier alpha value is -2.01. The number of aromatic nitrogens is 2. The highest BCUT2D eigenvalue weighted by molar-refractivity contribution is 5.44. The van der Waals surface area contributed by atoms with Crippen molar-refractivity contribution in [2.75, 3.05) is 13.3 Å². The van der Waals surface area contributed by atoms with Crippen LogP contribution in [0.25, 0.3) is 0 Å². The van der Waals surface area contributed by atoms with E-state index in [1.54, 1.807) is 0 Å². The molecule has 5 heteroatoms. The van der Waals surface area contributed by atoms with Gasteiger partial charge in [0, 0.05) is 36.8 Å². The summed E-state index contributed by atoms with van der Waals surface area (Å²) in [7, 11) is 0. The predicted octanol–water partition coefficient (Wildman–Crippen LogP) is 2.76. The van der Waals surface area contributed by atoms with Gasteiger partial charge >= 0.3 is 0 Å². The Kier molecular flexibility index (Phi) is 3.73. The number of hydrogen-bond donors (Lipinski definition) is 1. The van der Waals surface area contributed by atoms with E-state index in [1.807, 2.05) is 6.07 Å². The summed E-state index contributed by atoms with van der Waals surface area (Å²) in [4.78, 5) is 0. The number of nitrogens with one attached hydrogen (secondary N) is 1. The van der Waals surface area contributed by atoms with Gasteiger partial charge in [0.25, 0.3) is 0 Å². The van der Waals surface area contributed by atoms with Crippen LogP contribution in [0.3, 0.4) is 0 Å². The summed E-state index contributed by atoms with van der Waals surface area (Å²) < 4.78 is 13.0. The molecule has 3 heterocycles. The molecule has 2 aromatic rings. The first-order valence-electron chi connectivity index (χ1n) is 8.44. The Bertz CT molecular complexity index is 723. The van der Waals surface area contributed by atoms with Crippen molar-refractivity contribution in [1.82, 2.24) is 15.1 Å². The van der Waals surface area contributed by atoms with E-state index in [9.17, 15) is 0 Å². The average Bonchev–Trinajstić information content (AvgIpc) is 3.17. The predicted molar refractivity (Wildman–Crippen MR) is 88.0 cm³/mol. The summed E-state index contributed by atoms with van der Waals surface area (Å²) in [5.74, 6) is 1.72. The zero-order valence-corrected chi connectivity index (χ0v) is 13.8. The van der Waals surface area contributed by atoms with Crippen molar-refractivity contribution >= 4 is 0 Å². The Balaban J connectivity index is 1.51. The highest BCUT2D eigenvalue weighted by atomic mass is 16.7. The van der Waals surface area contributed by atoms with E-state index in [4.69, 9.17) is 14.6 Å². The molecular weight excluding hydrogens is 290 g/mol. The first-order valence-corrected chi connectivity index (χ1v) is 8.44. The number of fused-ring (bicyclic) bond motifs is 2. The summed E-state index contributed by atoms with van der Waals surface area (Å²) in [5.41, 5.74) is 5.30. The van der Waals surface area contributed by atoms with E-state index < -0.39 is 0 Å². The molecule has 0 unspecified atom stereocenters. The van der Waals surface area contributed by atoms with E-state index in [-0.39, 0.29) is 0 Å². The van der Waals surface area contributed by atoms with Crippen LogP contribution < -0.4 is 14.8 Å². The van der Waals surface area contributed by atoms with Crippen molar-refractivity contribution in [2.45, 2.75) is 45.7 Å². The standard InChI is InChI=1S/C18H23N3O2/c1-3-21-15-8-9-19-14(18(15)12(2)20-21)6-4-13-5-7-16-17(10-13)23-11-22-16/h5,7,10,14,19H,3-4,6,8-9,11H2,1-2H3/t14-/m0/s1. The van der Waals surface area contributed by atoms with E-state index in [2.05, 4.69) is 36.0 Å². The molecule has 0 radical (unpaired) electrons. The number of hydrogen-bond acceptors (Lipinski definition) is 4. The average molecular weight is 313 g/mol. The van der Waals surface area contributed by atoms with Crippen LogP contribution >= 0.6 is 0 Å². The second-order valence-electron chi connectivity index (χ2n) is 6.24. The van der Waals surface area contributed by atoms with Gasteiger partial charge in [-0.25, -0.2) is 0 Å². The largest absolute Gasteiger partial charge is 0.454 e. The van der Waals surface area contributed by atoms with E-state index in [0.717, 1.165) is 43.9 Å². The summed E-state index contributed by atoms with van der Waals surface area (Å²) in [5, 5.41) is 8.37. The topological polar surface area (TPSA) is 48.3 Å². The lowest BCUT2D eigenvalue weighted by molar-refractivity contribution is 0.174. The molecule has 122 valence electrons. The van der Waals surface area contributed by atoms with Crippen molar-refractivity contribution in [3.05, 3.63) is 40.7 Å². The van der Waals surface area contributed by atoms with Crippen molar-refractivity contribution in [3.8, 4) is 11.5 Å². The molecule has 1 aromatic carbocycles. The highest BCUT2D eigenvalue weighted by Gasteiger charge is 2.26. The minimum absolute atomic E-state index is 0.335. The number of benzene rings is 1. The fourth-order valence-corrected chi connectivity index (χ4v) is 3.74. The summed E-state index contributed by atoms with van der Waals surface area (Å²) in [6, 6.07) is 6.65. The fourth-order valence-electron chi connectivity index (χ4n) is 3.74. The molecule has 0 aliphatic carbocycles. The number of aryl methyl sites for hydroxylation is 3. The molecule has 1 aromatic heterocycles. The van der Waals surface area contributed by atoms with Crippen LogP contribution in [0.1, 0.15) is 41.9 Å². The van der Waals surface area contributed by atoms with Crippen molar-refractivity contribution in [1.29, 1.82) is 0 Å². The van der Waals surface area contributed by atoms with E-state index in [1.165, 1.54) is 22.5 Å². The third-order valence-corrected chi connectivity index (χ3v) is 4.84. The van der Waals surface area contributed by atoms with Gasteiger partial charge in [-0.3, -0.25) is 4.68 Å². The molecule has 0 amide bonds. The third-order valence-electron chi connectivity index (χ3n) is 4.84. The molecule has 2 aliphatic heterocycles. The monoisotopic (exact) mass is 313 g/mol. The van der Waals surface area contributed by atoms with Crippen molar-refractivity contribution < 1.29 is 9.47 Å². The van der Waals surface area contributed by atoms with E-state index >= 15 is 0 Å². The molecule has 0 saturated carbocycles. The van der Waals surface area contributed by atoms with Crippen LogP contribution in [-0.4, -0.2) is 23.1 Å². The van der Waals surface area contributed by atoms with Gasteiger partial charge in [-0.05, 0) is 44.4 Å². The summed E-state index contributed by atoms with van der Waals surface area (Å²) in [6.45, 7) is 6.61. The van der Waals surface area contributed by atoms with Gasteiger partial charge in [-0.1, -0.05) is 6.07 Å². The number of ether oxygens (including phenoxy) is 2. The van der Waals surface area contributed by atoms with Crippen LogP contribution in [0.15, 0.2) is 18.2 Å². The van der Waals surface area contributed by atoms with E-state index in [0.29, 0.717) is 12.8 Å². The van der Waals surface area contributed by atoms with Gasteiger partial charge in [-0.2, -0.15) is 5.10 Å². The zero-order valence-electron chi connectivity index (χ0n) is 13.8. The van der Waals surface area contributed by atoms with Gasteiger partial charge in [0.2, 0.25) is 6.79 Å². The lowest BCUT2D eigenvalue weighted by Crippen LogP contribution is -2.31. The number of nitrogens with zero attached hydrogens (tertiary/aromatic N) is 2. The van der Waals surface area contributed by atoms with Gasteiger partial charge in [0.05, 0.1) is 5.69 Å². The Morgan fingerprint density at radius 2 is 2.17 bits per heavy atom. The summed E-state index contributed by atoms with van der Waals surface area (Å²) in [6.07, 6.45) is 3.16. The molecule has 1 atom stereocenters. The van der Waals surface area contributed by atoms with Gasteiger partial charge < -0.3 is 14.8 Å². The molecule has 0 fully saturated rings. The molecule has 1 N–H and O–H groups in total. The molecule has 0 bridgehead atoms. The molecule has 5 nitrogen and oxygen atoms in total. The fraction of sp³-hybridized carbons (Fsp3) is 0.500. The van der Waals surface area contributed by atoms with Crippen LogP contribution in [0.4, 0.5) is 0 Å². The Morgan fingerprint density at radius 3 is 3.04 bits per heavy atom. The molecule has 0 spiro atoms. The molecule has 23 heavy (non-hydrogen) atoms. The maximum Gasteiger partial charge on any atom is 0.231 e. The van der Waals surface area contributed by atoms with Gasteiger partial charge in [0.1, 0.15) is 0 Å². The summed E-state index contributed by atoms with van der Waals surface area (Å²) >= 11 is 0. The minimum Gasteiger partial charge on any atom is -0.454 e. The zero-order chi connectivity index (χ0) is 15.8. The maximum atomic E-state index is 5.47. The molecular formula is C18H23N3O2. The normalized spacial score (nSPS) is 19.0. The number of rotatable bonds is 4. The second kappa shape index (κ2) is 5.89.